The Morgan fingerprint density at radius 1 is 1.27 bits per heavy atom. The molecule has 1 aromatic carbocycles. The fourth-order valence-corrected chi connectivity index (χ4v) is 1.38. The average Bonchev–Trinajstić information content (AvgIpc) is 2.73. The van der Waals surface area contributed by atoms with Gasteiger partial charge in [-0.1, -0.05) is 0 Å². The number of hydrogen-bond acceptors (Lipinski definition) is 4. The van der Waals surface area contributed by atoms with Gasteiger partial charge in [0, 0.05) is 5.56 Å². The minimum absolute atomic E-state index is 0.135. The molecule has 1 heterocycles. The lowest BCUT2D eigenvalue weighted by atomic mass is 10.1. The largest absolute Gasteiger partial charge is 0.454 e. The molecule has 1 aliphatic heterocycles. The van der Waals surface area contributed by atoms with Crippen LogP contribution in [-0.4, -0.2) is 24.2 Å². The smallest absolute Gasteiger partial charge is 0.231 e. The predicted octanol–water partition coefficient (Wildman–Crippen LogP) is 1.41. The van der Waals surface area contributed by atoms with E-state index in [0.29, 0.717) is 11.5 Å². The van der Waals surface area contributed by atoms with Crippen molar-refractivity contribution < 1.29 is 19.1 Å². The van der Waals surface area contributed by atoms with Crippen LogP contribution in [0.3, 0.4) is 0 Å². The molecule has 0 aliphatic carbocycles. The highest BCUT2D eigenvalue weighted by atomic mass is 35.5. The third-order valence-electron chi connectivity index (χ3n) is 2.01. The molecule has 0 atom stereocenters. The molecule has 0 spiro atoms. The molecule has 5 heteroatoms. The molecular weight excluding hydrogens is 220 g/mol. The molecule has 0 radical (unpaired) electrons. The van der Waals surface area contributed by atoms with Crippen LogP contribution in [0.5, 0.6) is 11.5 Å². The second kappa shape index (κ2) is 3.90. The van der Waals surface area contributed by atoms with Crippen molar-refractivity contribution >= 4 is 23.2 Å². The van der Waals surface area contributed by atoms with Gasteiger partial charge in [-0.3, -0.25) is 9.59 Å². The Bertz CT molecular complexity index is 427. The molecule has 1 aliphatic rings. The van der Waals surface area contributed by atoms with Gasteiger partial charge in [-0.25, -0.2) is 0 Å². The fourth-order valence-electron chi connectivity index (χ4n) is 1.26. The average molecular weight is 227 g/mol. The van der Waals surface area contributed by atoms with Crippen molar-refractivity contribution in [1.82, 2.24) is 0 Å². The van der Waals surface area contributed by atoms with Gasteiger partial charge < -0.3 is 9.47 Å². The molecule has 0 fully saturated rings. The molecule has 15 heavy (non-hydrogen) atoms. The first-order chi connectivity index (χ1) is 7.22. The summed E-state index contributed by atoms with van der Waals surface area (Å²) in [6.07, 6.45) is 0. The van der Waals surface area contributed by atoms with Gasteiger partial charge in [0.2, 0.25) is 18.4 Å². The Kier molecular flexibility index (Phi) is 2.60. The van der Waals surface area contributed by atoms with Crippen molar-refractivity contribution in [1.29, 1.82) is 0 Å². The number of Topliss-reactive ketones (excluding diaryl/α,β-unsaturated/α-hetero) is 2. The second-order valence-electron chi connectivity index (χ2n) is 2.95. The minimum atomic E-state index is -0.629. The molecule has 0 saturated carbocycles. The second-order valence-corrected chi connectivity index (χ2v) is 3.22. The predicted molar refractivity (Wildman–Crippen MR) is 52.6 cm³/mol. The Balaban J connectivity index is 2.30. The SMILES string of the molecule is O=C(CCl)C(=O)c1ccc2c(c1)OCO2. The van der Waals surface area contributed by atoms with E-state index in [1.165, 1.54) is 12.1 Å². The standard InChI is InChI=1S/C10H7ClO4/c11-4-7(12)10(13)6-1-2-8-9(3-6)15-5-14-8/h1-3H,4-5H2. The summed E-state index contributed by atoms with van der Waals surface area (Å²) in [6, 6.07) is 4.59. The molecule has 0 bridgehead atoms. The van der Waals surface area contributed by atoms with Crippen LogP contribution in [-0.2, 0) is 4.79 Å². The van der Waals surface area contributed by atoms with Crippen molar-refractivity contribution in [3.63, 3.8) is 0 Å². The molecule has 1 aromatic rings. The van der Waals surface area contributed by atoms with Crippen LogP contribution in [0.25, 0.3) is 0 Å². The lowest BCUT2D eigenvalue weighted by Crippen LogP contribution is -2.15. The number of hydrogen-bond donors (Lipinski definition) is 0. The van der Waals surface area contributed by atoms with E-state index >= 15 is 0 Å². The Hall–Kier alpha value is -1.55. The maximum atomic E-state index is 11.4. The zero-order valence-electron chi connectivity index (χ0n) is 7.66. The van der Waals surface area contributed by atoms with Gasteiger partial charge in [-0.15, -0.1) is 11.6 Å². The van der Waals surface area contributed by atoms with Crippen LogP contribution in [0.4, 0.5) is 0 Å². The van der Waals surface area contributed by atoms with E-state index in [9.17, 15) is 9.59 Å². The highest BCUT2D eigenvalue weighted by Crippen LogP contribution is 2.32. The van der Waals surface area contributed by atoms with Gasteiger partial charge in [0.1, 0.15) is 0 Å². The molecular formula is C10H7ClO4. The molecule has 0 aromatic heterocycles. The van der Waals surface area contributed by atoms with E-state index in [1.54, 1.807) is 6.07 Å². The van der Waals surface area contributed by atoms with E-state index < -0.39 is 11.6 Å². The van der Waals surface area contributed by atoms with Crippen molar-refractivity contribution in [2.75, 3.05) is 12.7 Å². The first-order valence-electron chi connectivity index (χ1n) is 4.25. The summed E-state index contributed by atoms with van der Waals surface area (Å²) in [6.45, 7) is 0.135. The van der Waals surface area contributed by atoms with Gasteiger partial charge in [-0.05, 0) is 18.2 Å². The third-order valence-corrected chi connectivity index (χ3v) is 2.25. The van der Waals surface area contributed by atoms with E-state index in [1.807, 2.05) is 0 Å². The van der Waals surface area contributed by atoms with Gasteiger partial charge >= 0.3 is 0 Å². The fraction of sp³-hybridized carbons (Fsp3) is 0.200. The third kappa shape index (κ3) is 1.80. The molecule has 0 amide bonds. The number of rotatable bonds is 3. The van der Waals surface area contributed by atoms with Crippen LogP contribution < -0.4 is 9.47 Å². The van der Waals surface area contributed by atoms with Crippen molar-refractivity contribution in [2.24, 2.45) is 0 Å². The van der Waals surface area contributed by atoms with Crippen LogP contribution in [0.15, 0.2) is 18.2 Å². The summed E-state index contributed by atoms with van der Waals surface area (Å²) in [5.74, 6) is -0.500. The summed E-state index contributed by atoms with van der Waals surface area (Å²) < 4.78 is 10.2. The molecule has 4 nitrogen and oxygen atoms in total. The van der Waals surface area contributed by atoms with Gasteiger partial charge in [0.25, 0.3) is 0 Å². The lowest BCUT2D eigenvalue weighted by molar-refractivity contribution is -0.112. The monoisotopic (exact) mass is 226 g/mol. The number of halogens is 1. The Morgan fingerprint density at radius 2 is 2.00 bits per heavy atom. The Labute approximate surface area is 90.7 Å². The van der Waals surface area contributed by atoms with E-state index in [4.69, 9.17) is 21.1 Å². The normalized spacial score (nSPS) is 12.6. The minimum Gasteiger partial charge on any atom is -0.454 e. The number of carbonyl (C=O) groups is 2. The van der Waals surface area contributed by atoms with Crippen molar-refractivity contribution in [2.45, 2.75) is 0 Å². The van der Waals surface area contributed by atoms with Gasteiger partial charge in [0.05, 0.1) is 5.88 Å². The molecule has 0 saturated heterocycles. The van der Waals surface area contributed by atoms with Gasteiger partial charge in [-0.2, -0.15) is 0 Å². The zero-order valence-corrected chi connectivity index (χ0v) is 8.41. The molecule has 0 N–H and O–H groups in total. The molecule has 2 rings (SSSR count). The number of fused-ring (bicyclic) bond motifs is 1. The Morgan fingerprint density at radius 3 is 2.73 bits per heavy atom. The highest BCUT2D eigenvalue weighted by Gasteiger charge is 2.19. The quantitative estimate of drug-likeness (QED) is 0.444. The first-order valence-corrected chi connectivity index (χ1v) is 4.79. The summed E-state index contributed by atoms with van der Waals surface area (Å²) in [5.41, 5.74) is 0.268. The number of ether oxygens (including phenoxy) is 2. The summed E-state index contributed by atoms with van der Waals surface area (Å²) in [7, 11) is 0. The number of carbonyl (C=O) groups excluding carboxylic acids is 2. The first kappa shape index (κ1) is 9.98. The van der Waals surface area contributed by atoms with E-state index in [0.717, 1.165) is 0 Å². The molecule has 78 valence electrons. The highest BCUT2D eigenvalue weighted by molar-refractivity contribution is 6.51. The van der Waals surface area contributed by atoms with Crippen LogP contribution in [0, 0.1) is 0 Å². The van der Waals surface area contributed by atoms with Gasteiger partial charge in [0.15, 0.2) is 11.5 Å². The van der Waals surface area contributed by atoms with Crippen LogP contribution in [0.1, 0.15) is 10.4 Å². The number of benzene rings is 1. The topological polar surface area (TPSA) is 52.6 Å². The zero-order chi connectivity index (χ0) is 10.8. The van der Waals surface area contributed by atoms with E-state index in [2.05, 4.69) is 0 Å². The number of alkyl halides is 1. The summed E-state index contributed by atoms with van der Waals surface area (Å²) >= 11 is 5.29. The van der Waals surface area contributed by atoms with Crippen molar-refractivity contribution in [3.8, 4) is 11.5 Å². The lowest BCUT2D eigenvalue weighted by Gasteiger charge is -1.99. The van der Waals surface area contributed by atoms with E-state index in [-0.39, 0.29) is 18.2 Å². The van der Waals surface area contributed by atoms with Crippen LogP contribution in [0.2, 0.25) is 0 Å². The maximum Gasteiger partial charge on any atom is 0.231 e. The molecule has 0 unspecified atom stereocenters. The summed E-state index contributed by atoms with van der Waals surface area (Å²) in [5, 5.41) is 0. The maximum absolute atomic E-state index is 11.4. The summed E-state index contributed by atoms with van der Waals surface area (Å²) in [4.78, 5) is 22.5. The van der Waals surface area contributed by atoms with Crippen molar-refractivity contribution in [3.05, 3.63) is 23.8 Å². The van der Waals surface area contributed by atoms with Crippen LogP contribution >= 0.6 is 11.6 Å². The number of ketones is 2.